The molecule has 0 aromatic rings. The van der Waals surface area contributed by atoms with Gasteiger partial charge in [-0.3, -0.25) is 4.99 Å². The Morgan fingerprint density at radius 1 is 1.28 bits per heavy atom. The third-order valence-corrected chi connectivity index (χ3v) is 3.14. The molecule has 0 radical (unpaired) electrons. The molecule has 5 heteroatoms. The van der Waals surface area contributed by atoms with E-state index in [0.717, 1.165) is 25.0 Å². The van der Waals surface area contributed by atoms with Crippen molar-refractivity contribution in [1.82, 2.24) is 10.6 Å². The second kappa shape index (κ2) is 10.8. The van der Waals surface area contributed by atoms with Crippen molar-refractivity contribution in [3.63, 3.8) is 0 Å². The van der Waals surface area contributed by atoms with Crippen LogP contribution in [0.2, 0.25) is 0 Å². The first kappa shape index (κ1) is 18.0. The van der Waals surface area contributed by atoms with Crippen LogP contribution in [0.3, 0.4) is 0 Å². The van der Waals surface area contributed by atoms with Crippen molar-refractivity contribution in [3.8, 4) is 0 Å². The molecule has 0 bridgehead atoms. The summed E-state index contributed by atoms with van der Waals surface area (Å²) in [5.74, 6) is 1.62. The maximum atomic E-state index is 9.22. The summed E-state index contributed by atoms with van der Waals surface area (Å²) in [6.07, 6.45) is 6.43. The summed E-state index contributed by atoms with van der Waals surface area (Å²) in [4.78, 5) is 4.34. The standard InChI is InChI=1S/C13H27N3O.HI/c1-3-14-13(15-9-11(2)17)16-10-12-7-5-4-6-8-12;/h11-12,17H,3-10H2,1-2H3,(H2,14,15,16);1H. The Morgan fingerprint density at radius 2 is 1.94 bits per heavy atom. The van der Waals surface area contributed by atoms with Crippen LogP contribution < -0.4 is 10.6 Å². The summed E-state index contributed by atoms with van der Waals surface area (Å²) >= 11 is 0. The Balaban J connectivity index is 0.00000289. The molecule has 0 aromatic heterocycles. The zero-order valence-electron chi connectivity index (χ0n) is 11.6. The van der Waals surface area contributed by atoms with Crippen molar-refractivity contribution >= 4 is 29.9 Å². The molecule has 0 saturated heterocycles. The van der Waals surface area contributed by atoms with Crippen LogP contribution in [0.4, 0.5) is 0 Å². The molecule has 0 heterocycles. The van der Waals surface area contributed by atoms with Gasteiger partial charge >= 0.3 is 0 Å². The Bertz CT molecular complexity index is 228. The van der Waals surface area contributed by atoms with Gasteiger partial charge in [0.1, 0.15) is 0 Å². The second-order valence-electron chi connectivity index (χ2n) is 4.95. The lowest BCUT2D eigenvalue weighted by Crippen LogP contribution is -2.40. The highest BCUT2D eigenvalue weighted by molar-refractivity contribution is 14.0. The van der Waals surface area contributed by atoms with Crippen molar-refractivity contribution < 1.29 is 5.11 Å². The lowest BCUT2D eigenvalue weighted by Gasteiger charge is -2.23. The van der Waals surface area contributed by atoms with Crippen LogP contribution in [0.15, 0.2) is 4.99 Å². The average molecular weight is 369 g/mol. The molecule has 0 aliphatic heterocycles. The van der Waals surface area contributed by atoms with E-state index in [1.54, 1.807) is 6.92 Å². The van der Waals surface area contributed by atoms with Gasteiger partial charge in [-0.25, -0.2) is 0 Å². The minimum atomic E-state index is -0.375. The van der Waals surface area contributed by atoms with E-state index < -0.39 is 0 Å². The Kier molecular flexibility index (Phi) is 10.8. The second-order valence-corrected chi connectivity index (χ2v) is 4.95. The quantitative estimate of drug-likeness (QED) is 0.395. The smallest absolute Gasteiger partial charge is 0.191 e. The molecule has 0 aromatic carbocycles. The van der Waals surface area contributed by atoms with Gasteiger partial charge in [-0.05, 0) is 32.6 Å². The first-order chi connectivity index (χ1) is 8.22. The molecule has 1 aliphatic rings. The Labute approximate surface area is 128 Å². The first-order valence-electron chi connectivity index (χ1n) is 6.92. The normalized spacial score (nSPS) is 18.9. The van der Waals surface area contributed by atoms with Crippen LogP contribution >= 0.6 is 24.0 Å². The van der Waals surface area contributed by atoms with Crippen molar-refractivity contribution in [2.75, 3.05) is 19.6 Å². The van der Waals surface area contributed by atoms with Gasteiger partial charge in [-0.2, -0.15) is 0 Å². The lowest BCUT2D eigenvalue weighted by atomic mass is 9.89. The first-order valence-corrected chi connectivity index (χ1v) is 6.92. The molecule has 1 fully saturated rings. The van der Waals surface area contributed by atoms with E-state index in [1.807, 2.05) is 0 Å². The number of nitrogens with one attached hydrogen (secondary N) is 2. The van der Waals surface area contributed by atoms with Crippen LogP contribution in [0.25, 0.3) is 0 Å². The van der Waals surface area contributed by atoms with Gasteiger partial charge in [0.05, 0.1) is 12.6 Å². The monoisotopic (exact) mass is 369 g/mol. The lowest BCUT2D eigenvalue weighted by molar-refractivity contribution is 0.203. The van der Waals surface area contributed by atoms with Gasteiger partial charge in [0.15, 0.2) is 5.96 Å². The zero-order valence-corrected chi connectivity index (χ0v) is 13.9. The molecule has 1 unspecified atom stereocenters. The van der Waals surface area contributed by atoms with E-state index >= 15 is 0 Å². The molecule has 3 N–H and O–H groups in total. The average Bonchev–Trinajstić information content (AvgIpc) is 2.34. The van der Waals surface area contributed by atoms with E-state index in [-0.39, 0.29) is 30.1 Å². The van der Waals surface area contributed by atoms with E-state index in [2.05, 4.69) is 22.5 Å². The van der Waals surface area contributed by atoms with Crippen LogP contribution in [-0.4, -0.2) is 36.8 Å². The number of hydrogen-bond donors (Lipinski definition) is 3. The van der Waals surface area contributed by atoms with Gasteiger partial charge in [0, 0.05) is 13.1 Å². The molecule has 1 rings (SSSR count). The summed E-state index contributed by atoms with van der Waals surface area (Å²) in [5, 5.41) is 15.8. The molecule has 4 nitrogen and oxygen atoms in total. The zero-order chi connectivity index (χ0) is 12.5. The molecular weight excluding hydrogens is 341 g/mol. The van der Waals surface area contributed by atoms with E-state index in [4.69, 9.17) is 0 Å². The van der Waals surface area contributed by atoms with Gasteiger partial charge < -0.3 is 15.7 Å². The van der Waals surface area contributed by atoms with Gasteiger partial charge in [0.25, 0.3) is 0 Å². The SMILES string of the molecule is CCNC(=NCC(C)O)NCC1CCCCC1.I. The van der Waals surface area contributed by atoms with Crippen LogP contribution in [-0.2, 0) is 0 Å². The fraction of sp³-hybridized carbons (Fsp3) is 0.923. The highest BCUT2D eigenvalue weighted by Crippen LogP contribution is 2.22. The van der Waals surface area contributed by atoms with E-state index in [1.165, 1.54) is 32.1 Å². The number of nitrogens with zero attached hydrogens (tertiary/aromatic N) is 1. The largest absolute Gasteiger partial charge is 0.391 e. The predicted octanol–water partition coefficient (Wildman–Crippen LogP) is 2.12. The maximum Gasteiger partial charge on any atom is 0.191 e. The molecular formula is C13H28IN3O. The summed E-state index contributed by atoms with van der Waals surface area (Å²) in [6, 6.07) is 0. The Morgan fingerprint density at radius 3 is 2.50 bits per heavy atom. The highest BCUT2D eigenvalue weighted by Gasteiger charge is 2.13. The number of aliphatic hydroxyl groups is 1. The van der Waals surface area contributed by atoms with Crippen LogP contribution in [0.1, 0.15) is 46.0 Å². The van der Waals surface area contributed by atoms with Crippen molar-refractivity contribution in [1.29, 1.82) is 0 Å². The van der Waals surface area contributed by atoms with Gasteiger partial charge in [-0.15, -0.1) is 24.0 Å². The number of aliphatic hydroxyl groups excluding tert-OH is 1. The molecule has 1 aliphatic carbocycles. The molecule has 0 amide bonds. The fourth-order valence-corrected chi connectivity index (χ4v) is 2.20. The van der Waals surface area contributed by atoms with Crippen molar-refractivity contribution in [3.05, 3.63) is 0 Å². The number of guanidine groups is 1. The molecule has 1 atom stereocenters. The van der Waals surface area contributed by atoms with E-state index in [9.17, 15) is 5.11 Å². The summed E-state index contributed by atoms with van der Waals surface area (Å²) in [7, 11) is 0. The molecule has 1 saturated carbocycles. The topological polar surface area (TPSA) is 56.7 Å². The molecule has 18 heavy (non-hydrogen) atoms. The summed E-state index contributed by atoms with van der Waals surface area (Å²) in [6.45, 7) is 6.14. The minimum absolute atomic E-state index is 0. The number of rotatable bonds is 5. The molecule has 108 valence electrons. The highest BCUT2D eigenvalue weighted by atomic mass is 127. The predicted molar refractivity (Wildman–Crippen MR) is 87.7 cm³/mol. The van der Waals surface area contributed by atoms with Crippen molar-refractivity contribution in [2.24, 2.45) is 10.9 Å². The van der Waals surface area contributed by atoms with Crippen LogP contribution in [0, 0.1) is 5.92 Å². The number of hydrogen-bond acceptors (Lipinski definition) is 2. The maximum absolute atomic E-state index is 9.22. The Hall–Kier alpha value is -0.0400. The number of halogens is 1. The van der Waals surface area contributed by atoms with Crippen molar-refractivity contribution in [2.45, 2.75) is 52.1 Å². The molecule has 0 spiro atoms. The third kappa shape index (κ3) is 8.13. The number of aliphatic imine (C=N–C) groups is 1. The van der Waals surface area contributed by atoms with E-state index in [0.29, 0.717) is 6.54 Å². The summed E-state index contributed by atoms with van der Waals surface area (Å²) < 4.78 is 0. The van der Waals surface area contributed by atoms with Crippen LogP contribution in [0.5, 0.6) is 0 Å². The minimum Gasteiger partial charge on any atom is -0.391 e. The summed E-state index contributed by atoms with van der Waals surface area (Å²) in [5.41, 5.74) is 0. The fourth-order valence-electron chi connectivity index (χ4n) is 2.20. The van der Waals surface area contributed by atoms with Gasteiger partial charge in [-0.1, -0.05) is 19.3 Å². The third-order valence-electron chi connectivity index (χ3n) is 3.14. The van der Waals surface area contributed by atoms with Gasteiger partial charge in [0.2, 0.25) is 0 Å².